The van der Waals surface area contributed by atoms with E-state index in [1.54, 1.807) is 26.0 Å². The molecule has 2 atom stereocenters. The van der Waals surface area contributed by atoms with Crippen LogP contribution in [0.2, 0.25) is 0 Å². The van der Waals surface area contributed by atoms with E-state index in [9.17, 15) is 9.59 Å². The number of carboxylic acid groups (broad SMARTS) is 1. The maximum absolute atomic E-state index is 12.2. The molecule has 1 rings (SSSR count). The molecular weight excluding hydrogens is 240 g/mol. The molecule has 0 aliphatic carbocycles. The minimum Gasteiger partial charge on any atom is -0.481 e. The van der Waals surface area contributed by atoms with Gasteiger partial charge in [-0.2, -0.15) is 0 Å². The zero-order valence-electron chi connectivity index (χ0n) is 11.8. The average molecular weight is 262 g/mol. The fourth-order valence-electron chi connectivity index (χ4n) is 1.92. The number of carbonyl (C=O) groups is 2. The van der Waals surface area contributed by atoms with E-state index < -0.39 is 17.8 Å². The van der Waals surface area contributed by atoms with Crippen LogP contribution in [0.5, 0.6) is 0 Å². The van der Waals surface area contributed by atoms with Crippen LogP contribution in [-0.2, 0) is 11.2 Å². The van der Waals surface area contributed by atoms with E-state index in [0.29, 0.717) is 5.56 Å². The van der Waals surface area contributed by atoms with Gasteiger partial charge in [0.2, 0.25) is 0 Å². The zero-order valence-corrected chi connectivity index (χ0v) is 11.8. The van der Waals surface area contributed by atoms with E-state index in [0.717, 1.165) is 19.3 Å². The molecule has 0 heterocycles. The van der Waals surface area contributed by atoms with Crippen molar-refractivity contribution in [2.75, 3.05) is 0 Å². The van der Waals surface area contributed by atoms with E-state index in [-0.39, 0.29) is 5.78 Å². The Bertz CT molecular complexity index is 434. The van der Waals surface area contributed by atoms with Crippen LogP contribution in [0.1, 0.15) is 49.5 Å². The molecule has 3 heteroatoms. The van der Waals surface area contributed by atoms with Gasteiger partial charge in [-0.15, -0.1) is 0 Å². The summed E-state index contributed by atoms with van der Waals surface area (Å²) in [5, 5.41) is 8.94. The number of unbranched alkanes of at least 4 members (excludes halogenated alkanes) is 1. The van der Waals surface area contributed by atoms with E-state index in [1.807, 2.05) is 12.1 Å². The van der Waals surface area contributed by atoms with E-state index >= 15 is 0 Å². The van der Waals surface area contributed by atoms with Crippen LogP contribution in [0.4, 0.5) is 0 Å². The van der Waals surface area contributed by atoms with Gasteiger partial charge in [-0.05, 0) is 18.4 Å². The molecule has 1 aromatic rings. The fraction of sp³-hybridized carbons (Fsp3) is 0.500. The normalized spacial score (nSPS) is 13.8. The molecule has 2 unspecified atom stereocenters. The Morgan fingerprint density at radius 2 is 1.68 bits per heavy atom. The van der Waals surface area contributed by atoms with Gasteiger partial charge >= 0.3 is 5.97 Å². The first-order valence-corrected chi connectivity index (χ1v) is 6.83. The highest BCUT2D eigenvalue weighted by Gasteiger charge is 2.26. The quantitative estimate of drug-likeness (QED) is 0.764. The summed E-state index contributed by atoms with van der Waals surface area (Å²) >= 11 is 0. The van der Waals surface area contributed by atoms with Gasteiger partial charge in [-0.3, -0.25) is 9.59 Å². The second-order valence-electron chi connectivity index (χ2n) is 5.08. The van der Waals surface area contributed by atoms with Gasteiger partial charge in [0.1, 0.15) is 0 Å². The predicted molar refractivity (Wildman–Crippen MR) is 75.3 cm³/mol. The van der Waals surface area contributed by atoms with Crippen molar-refractivity contribution in [3.8, 4) is 0 Å². The van der Waals surface area contributed by atoms with Crippen LogP contribution < -0.4 is 0 Å². The lowest BCUT2D eigenvalue weighted by atomic mass is 9.88. The summed E-state index contributed by atoms with van der Waals surface area (Å²) in [7, 11) is 0. The molecule has 0 spiro atoms. The summed E-state index contributed by atoms with van der Waals surface area (Å²) in [5.41, 5.74) is 1.82. The Kier molecular flexibility index (Phi) is 5.74. The van der Waals surface area contributed by atoms with Crippen molar-refractivity contribution < 1.29 is 14.7 Å². The topological polar surface area (TPSA) is 54.4 Å². The third-order valence-electron chi connectivity index (χ3n) is 3.61. The predicted octanol–water partition coefficient (Wildman–Crippen LogP) is 3.57. The van der Waals surface area contributed by atoms with Crippen LogP contribution >= 0.6 is 0 Å². The van der Waals surface area contributed by atoms with Crippen molar-refractivity contribution in [3.63, 3.8) is 0 Å². The molecular formula is C16H22O3. The van der Waals surface area contributed by atoms with Gasteiger partial charge in [-0.1, -0.05) is 51.5 Å². The van der Waals surface area contributed by atoms with Crippen molar-refractivity contribution in [2.45, 2.75) is 40.0 Å². The molecule has 0 fully saturated rings. The van der Waals surface area contributed by atoms with E-state index in [4.69, 9.17) is 5.11 Å². The minimum absolute atomic E-state index is 0.100. The molecule has 0 aromatic heterocycles. The Morgan fingerprint density at radius 3 is 2.16 bits per heavy atom. The number of carbonyl (C=O) groups excluding carboxylic acids is 1. The van der Waals surface area contributed by atoms with Gasteiger partial charge in [-0.25, -0.2) is 0 Å². The monoisotopic (exact) mass is 262 g/mol. The van der Waals surface area contributed by atoms with Crippen LogP contribution in [0.3, 0.4) is 0 Å². The minimum atomic E-state index is -0.930. The van der Waals surface area contributed by atoms with Crippen molar-refractivity contribution in [1.29, 1.82) is 0 Å². The van der Waals surface area contributed by atoms with Gasteiger partial charge in [0.25, 0.3) is 0 Å². The summed E-state index contributed by atoms with van der Waals surface area (Å²) < 4.78 is 0. The van der Waals surface area contributed by atoms with E-state index in [2.05, 4.69) is 6.92 Å². The lowest BCUT2D eigenvalue weighted by Gasteiger charge is -2.14. The smallest absolute Gasteiger partial charge is 0.306 e. The SMILES string of the molecule is CCCCc1ccc(C(=O)C(C)C(C)C(=O)O)cc1. The molecule has 0 saturated heterocycles. The molecule has 19 heavy (non-hydrogen) atoms. The van der Waals surface area contributed by atoms with Crippen LogP contribution in [0.15, 0.2) is 24.3 Å². The van der Waals surface area contributed by atoms with Crippen LogP contribution in [0.25, 0.3) is 0 Å². The summed E-state index contributed by atoms with van der Waals surface area (Å²) in [5.74, 6) is -2.19. The van der Waals surface area contributed by atoms with Gasteiger partial charge in [0.05, 0.1) is 5.92 Å². The van der Waals surface area contributed by atoms with Gasteiger partial charge in [0, 0.05) is 11.5 Å². The number of Topliss-reactive ketones (excluding diaryl/α,β-unsaturated/α-hetero) is 1. The number of aryl methyl sites for hydroxylation is 1. The number of hydrogen-bond acceptors (Lipinski definition) is 2. The molecule has 1 aromatic carbocycles. The number of hydrogen-bond donors (Lipinski definition) is 1. The zero-order chi connectivity index (χ0) is 14.4. The fourth-order valence-corrected chi connectivity index (χ4v) is 1.92. The second kappa shape index (κ2) is 7.07. The standard InChI is InChI=1S/C16H22O3/c1-4-5-6-13-7-9-14(10-8-13)15(17)11(2)12(3)16(18)19/h7-12H,4-6H2,1-3H3,(H,18,19). The maximum atomic E-state index is 12.2. The van der Waals surface area contributed by atoms with Crippen molar-refractivity contribution >= 4 is 11.8 Å². The molecule has 3 nitrogen and oxygen atoms in total. The Labute approximate surface area is 114 Å². The van der Waals surface area contributed by atoms with Crippen LogP contribution in [-0.4, -0.2) is 16.9 Å². The molecule has 0 bridgehead atoms. The number of benzene rings is 1. The maximum Gasteiger partial charge on any atom is 0.306 e. The van der Waals surface area contributed by atoms with Crippen molar-refractivity contribution in [1.82, 2.24) is 0 Å². The first kappa shape index (κ1) is 15.4. The molecule has 1 N–H and O–H groups in total. The summed E-state index contributed by atoms with van der Waals surface area (Å²) in [6.45, 7) is 5.39. The highest BCUT2D eigenvalue weighted by molar-refractivity contribution is 5.99. The average Bonchev–Trinajstić information content (AvgIpc) is 2.43. The molecule has 104 valence electrons. The molecule has 0 radical (unpaired) electrons. The Hall–Kier alpha value is -1.64. The first-order chi connectivity index (χ1) is 8.97. The number of carboxylic acids is 1. The van der Waals surface area contributed by atoms with Crippen molar-refractivity contribution in [2.24, 2.45) is 11.8 Å². The third-order valence-corrected chi connectivity index (χ3v) is 3.61. The number of rotatable bonds is 7. The third kappa shape index (κ3) is 4.19. The molecule has 0 aliphatic rings. The number of ketones is 1. The first-order valence-electron chi connectivity index (χ1n) is 6.83. The largest absolute Gasteiger partial charge is 0.481 e. The highest BCUT2D eigenvalue weighted by Crippen LogP contribution is 2.18. The lowest BCUT2D eigenvalue weighted by Crippen LogP contribution is -2.25. The van der Waals surface area contributed by atoms with Gasteiger partial charge < -0.3 is 5.11 Å². The lowest BCUT2D eigenvalue weighted by molar-refractivity contribution is -0.142. The summed E-state index contributed by atoms with van der Waals surface area (Å²) in [6.07, 6.45) is 3.31. The molecule has 0 saturated carbocycles. The molecule has 0 amide bonds. The second-order valence-corrected chi connectivity index (χ2v) is 5.08. The summed E-state index contributed by atoms with van der Waals surface area (Å²) in [4.78, 5) is 23.0. The molecule has 0 aliphatic heterocycles. The van der Waals surface area contributed by atoms with Crippen LogP contribution in [0, 0.1) is 11.8 Å². The Balaban J connectivity index is 2.75. The number of aliphatic carboxylic acids is 1. The highest BCUT2D eigenvalue weighted by atomic mass is 16.4. The summed E-state index contributed by atoms with van der Waals surface area (Å²) in [6, 6.07) is 7.53. The van der Waals surface area contributed by atoms with Crippen molar-refractivity contribution in [3.05, 3.63) is 35.4 Å². The Morgan fingerprint density at radius 1 is 1.11 bits per heavy atom. The van der Waals surface area contributed by atoms with Gasteiger partial charge in [0.15, 0.2) is 5.78 Å². The van der Waals surface area contributed by atoms with E-state index in [1.165, 1.54) is 5.56 Å².